The van der Waals surface area contributed by atoms with Crippen LogP contribution in [0.2, 0.25) is 0 Å². The van der Waals surface area contributed by atoms with E-state index in [0.717, 1.165) is 21.6 Å². The summed E-state index contributed by atoms with van der Waals surface area (Å²) in [4.78, 5) is 26.0. The summed E-state index contributed by atoms with van der Waals surface area (Å²) in [5.74, 6) is 0.110. The molecule has 1 aromatic heterocycles. The second-order valence-electron chi connectivity index (χ2n) is 6.58. The molecule has 0 aliphatic rings. The van der Waals surface area contributed by atoms with E-state index in [4.69, 9.17) is 14.2 Å². The molecule has 1 heterocycles. The Kier molecular flexibility index (Phi) is 6.74. The number of carbonyl (C=O) groups is 2. The molecule has 0 spiro atoms. The van der Waals surface area contributed by atoms with E-state index in [0.29, 0.717) is 22.1 Å². The molecular formula is C23H23NO5S. The number of anilines is 1. The predicted octanol–water partition coefficient (Wildman–Crippen LogP) is 4.84. The molecule has 1 amide bonds. The maximum absolute atomic E-state index is 12.5. The molecule has 0 aliphatic carbocycles. The Hall–Kier alpha value is -3.32. The summed E-state index contributed by atoms with van der Waals surface area (Å²) in [6, 6.07) is 14.9. The molecule has 0 bridgehead atoms. The second-order valence-corrected chi connectivity index (χ2v) is 7.81. The van der Waals surface area contributed by atoms with Crippen LogP contribution in [0.25, 0.3) is 11.1 Å². The molecule has 3 aromatic rings. The number of aryl methyl sites for hydroxylation is 2. The third-order valence-corrected chi connectivity index (χ3v) is 5.52. The van der Waals surface area contributed by atoms with E-state index in [1.54, 1.807) is 18.2 Å². The maximum Gasteiger partial charge on any atom is 0.341 e. The van der Waals surface area contributed by atoms with E-state index in [9.17, 15) is 9.59 Å². The fourth-order valence-electron chi connectivity index (χ4n) is 3.04. The Balaban J connectivity index is 1.85. The van der Waals surface area contributed by atoms with Gasteiger partial charge in [0.1, 0.15) is 10.6 Å². The zero-order valence-corrected chi connectivity index (χ0v) is 18.1. The van der Waals surface area contributed by atoms with Gasteiger partial charge in [-0.05, 0) is 31.5 Å². The van der Waals surface area contributed by atoms with Gasteiger partial charge in [-0.2, -0.15) is 0 Å². The highest BCUT2D eigenvalue weighted by Gasteiger charge is 2.25. The van der Waals surface area contributed by atoms with Gasteiger partial charge in [-0.1, -0.05) is 42.0 Å². The number of esters is 1. The molecule has 1 N–H and O–H groups in total. The van der Waals surface area contributed by atoms with E-state index >= 15 is 0 Å². The predicted molar refractivity (Wildman–Crippen MR) is 118 cm³/mol. The number of methoxy groups -OCH3 is 2. The Morgan fingerprint density at radius 1 is 0.967 bits per heavy atom. The van der Waals surface area contributed by atoms with E-state index in [2.05, 4.69) is 5.32 Å². The molecule has 0 unspecified atom stereocenters. The number of rotatable bonds is 7. The summed E-state index contributed by atoms with van der Waals surface area (Å²) in [6.45, 7) is 3.68. The van der Waals surface area contributed by atoms with Crippen molar-refractivity contribution in [3.8, 4) is 22.6 Å². The second kappa shape index (κ2) is 9.45. The Morgan fingerprint density at radius 3 is 2.27 bits per heavy atom. The average molecular weight is 426 g/mol. The highest BCUT2D eigenvalue weighted by Crippen LogP contribution is 2.40. The summed E-state index contributed by atoms with van der Waals surface area (Å²) in [6.07, 6.45) is 0. The number of amides is 1. The minimum Gasteiger partial charge on any atom is -0.493 e. The van der Waals surface area contributed by atoms with Crippen molar-refractivity contribution in [2.45, 2.75) is 13.8 Å². The third kappa shape index (κ3) is 4.63. The van der Waals surface area contributed by atoms with E-state index in [1.807, 2.05) is 44.2 Å². The van der Waals surface area contributed by atoms with Gasteiger partial charge in [0.15, 0.2) is 18.1 Å². The van der Waals surface area contributed by atoms with Crippen molar-refractivity contribution >= 4 is 28.2 Å². The van der Waals surface area contributed by atoms with Crippen molar-refractivity contribution in [3.63, 3.8) is 0 Å². The Labute approximate surface area is 179 Å². The largest absolute Gasteiger partial charge is 0.493 e. The number of thiophene rings is 1. The number of nitrogens with one attached hydrogen (secondary N) is 1. The van der Waals surface area contributed by atoms with Crippen molar-refractivity contribution in [1.82, 2.24) is 0 Å². The first-order valence-corrected chi connectivity index (χ1v) is 10.1. The van der Waals surface area contributed by atoms with Gasteiger partial charge in [0, 0.05) is 10.4 Å². The van der Waals surface area contributed by atoms with Gasteiger partial charge in [-0.15, -0.1) is 11.3 Å². The standard InChI is InChI=1S/C23H23NO5S/c1-14-9-11-16(12-10-14)20-15(2)30-22(21(20)23(26)28-4)24-19(25)13-29-18-8-6-5-7-17(18)27-3/h5-12H,13H2,1-4H3,(H,24,25). The first kappa shape index (κ1) is 21.4. The van der Waals surface area contributed by atoms with Crippen LogP contribution in [-0.2, 0) is 9.53 Å². The lowest BCUT2D eigenvalue weighted by Crippen LogP contribution is -2.21. The van der Waals surface area contributed by atoms with Gasteiger partial charge < -0.3 is 19.5 Å². The lowest BCUT2D eigenvalue weighted by molar-refractivity contribution is -0.118. The lowest BCUT2D eigenvalue weighted by Gasteiger charge is -2.11. The van der Waals surface area contributed by atoms with E-state index in [-0.39, 0.29) is 12.5 Å². The maximum atomic E-state index is 12.5. The van der Waals surface area contributed by atoms with Crippen molar-refractivity contribution in [2.24, 2.45) is 0 Å². The Bertz CT molecular complexity index is 1060. The molecule has 0 aliphatic heterocycles. The highest BCUT2D eigenvalue weighted by atomic mass is 32.1. The van der Waals surface area contributed by atoms with Gasteiger partial charge in [-0.25, -0.2) is 4.79 Å². The smallest absolute Gasteiger partial charge is 0.341 e. The van der Waals surface area contributed by atoms with Crippen LogP contribution < -0.4 is 14.8 Å². The fourth-order valence-corrected chi connectivity index (χ4v) is 4.12. The van der Waals surface area contributed by atoms with Gasteiger partial charge in [0.2, 0.25) is 0 Å². The van der Waals surface area contributed by atoms with Crippen LogP contribution in [0.4, 0.5) is 5.00 Å². The first-order chi connectivity index (χ1) is 14.4. The zero-order valence-electron chi connectivity index (χ0n) is 17.3. The van der Waals surface area contributed by atoms with Crippen molar-refractivity contribution in [1.29, 1.82) is 0 Å². The molecule has 3 rings (SSSR count). The third-order valence-electron chi connectivity index (χ3n) is 4.49. The molecule has 0 saturated carbocycles. The highest BCUT2D eigenvalue weighted by molar-refractivity contribution is 7.17. The molecule has 6 nitrogen and oxygen atoms in total. The van der Waals surface area contributed by atoms with Crippen molar-refractivity contribution in [2.75, 3.05) is 26.1 Å². The zero-order chi connectivity index (χ0) is 21.7. The number of para-hydroxylation sites is 2. The van der Waals surface area contributed by atoms with Crippen LogP contribution in [0, 0.1) is 13.8 Å². The van der Waals surface area contributed by atoms with Gasteiger partial charge in [0.05, 0.1) is 14.2 Å². The molecule has 0 atom stereocenters. The molecule has 156 valence electrons. The monoisotopic (exact) mass is 425 g/mol. The van der Waals surface area contributed by atoms with Crippen LogP contribution in [0.5, 0.6) is 11.5 Å². The summed E-state index contributed by atoms with van der Waals surface area (Å²) in [5.41, 5.74) is 3.11. The summed E-state index contributed by atoms with van der Waals surface area (Å²) >= 11 is 1.33. The SMILES string of the molecule is COC(=O)c1c(NC(=O)COc2ccccc2OC)sc(C)c1-c1ccc(C)cc1. The lowest BCUT2D eigenvalue weighted by atomic mass is 10.0. The first-order valence-electron chi connectivity index (χ1n) is 9.29. The number of benzene rings is 2. The molecule has 0 fully saturated rings. The van der Waals surface area contributed by atoms with Crippen LogP contribution in [-0.4, -0.2) is 32.7 Å². The van der Waals surface area contributed by atoms with Gasteiger partial charge in [-0.3, -0.25) is 4.79 Å². The number of hydrogen-bond donors (Lipinski definition) is 1. The number of ether oxygens (including phenoxy) is 3. The van der Waals surface area contributed by atoms with Crippen molar-refractivity contribution in [3.05, 3.63) is 64.5 Å². The van der Waals surface area contributed by atoms with E-state index in [1.165, 1.54) is 25.6 Å². The van der Waals surface area contributed by atoms with Crippen molar-refractivity contribution < 1.29 is 23.8 Å². The number of hydrogen-bond acceptors (Lipinski definition) is 6. The van der Waals surface area contributed by atoms with E-state index < -0.39 is 5.97 Å². The topological polar surface area (TPSA) is 73.9 Å². The van der Waals surface area contributed by atoms with Gasteiger partial charge in [0.25, 0.3) is 5.91 Å². The molecule has 7 heteroatoms. The average Bonchev–Trinajstić information content (AvgIpc) is 3.07. The van der Waals surface area contributed by atoms with Crippen LogP contribution in [0.3, 0.4) is 0 Å². The normalized spacial score (nSPS) is 10.4. The number of carbonyl (C=O) groups excluding carboxylic acids is 2. The molecule has 0 radical (unpaired) electrons. The fraction of sp³-hybridized carbons (Fsp3) is 0.217. The summed E-state index contributed by atoms with van der Waals surface area (Å²) < 4.78 is 15.8. The quantitative estimate of drug-likeness (QED) is 0.548. The van der Waals surface area contributed by atoms with Gasteiger partial charge >= 0.3 is 5.97 Å². The van der Waals surface area contributed by atoms with Crippen LogP contribution in [0.1, 0.15) is 20.8 Å². The molecule has 30 heavy (non-hydrogen) atoms. The molecule has 0 saturated heterocycles. The Morgan fingerprint density at radius 2 is 1.63 bits per heavy atom. The minimum atomic E-state index is -0.504. The van der Waals surface area contributed by atoms with Crippen LogP contribution >= 0.6 is 11.3 Å². The summed E-state index contributed by atoms with van der Waals surface area (Å²) in [7, 11) is 2.86. The minimum absolute atomic E-state index is 0.224. The summed E-state index contributed by atoms with van der Waals surface area (Å²) in [5, 5.41) is 3.22. The molecule has 2 aromatic carbocycles. The van der Waals surface area contributed by atoms with Crippen LogP contribution in [0.15, 0.2) is 48.5 Å². The molecular weight excluding hydrogens is 402 g/mol.